The fourth-order valence-corrected chi connectivity index (χ4v) is 2.76. The summed E-state index contributed by atoms with van der Waals surface area (Å²) in [5.74, 6) is 0.162. The zero-order chi connectivity index (χ0) is 18.3. The molecular formula is C21H29N3O. The molecule has 0 unspecified atom stereocenters. The molecule has 134 valence electrons. The zero-order valence-corrected chi connectivity index (χ0v) is 15.7. The van der Waals surface area contributed by atoms with Crippen molar-refractivity contribution in [2.45, 2.75) is 39.0 Å². The maximum Gasteiger partial charge on any atom is 0.224 e. The summed E-state index contributed by atoms with van der Waals surface area (Å²) in [6.07, 6.45) is 4.91. The Balaban J connectivity index is 1.80. The Hall–Kier alpha value is -2.36. The third kappa shape index (κ3) is 5.89. The van der Waals surface area contributed by atoms with E-state index in [0.29, 0.717) is 13.0 Å². The van der Waals surface area contributed by atoms with Crippen molar-refractivity contribution in [3.05, 3.63) is 59.9 Å². The average Bonchev–Trinajstić information content (AvgIpc) is 2.60. The summed E-state index contributed by atoms with van der Waals surface area (Å²) in [5.41, 5.74) is 3.66. The number of carbonyl (C=O) groups is 1. The molecule has 0 fully saturated rings. The predicted octanol–water partition coefficient (Wildman–Crippen LogP) is 3.88. The van der Waals surface area contributed by atoms with Crippen LogP contribution in [0.4, 0.5) is 5.69 Å². The number of anilines is 1. The first-order valence-electron chi connectivity index (χ1n) is 8.84. The van der Waals surface area contributed by atoms with Gasteiger partial charge < -0.3 is 10.2 Å². The van der Waals surface area contributed by atoms with Crippen LogP contribution in [0.1, 0.15) is 38.3 Å². The second kappa shape index (κ2) is 8.65. The van der Waals surface area contributed by atoms with Gasteiger partial charge >= 0.3 is 0 Å². The van der Waals surface area contributed by atoms with Crippen LogP contribution in [-0.4, -0.2) is 35.9 Å². The van der Waals surface area contributed by atoms with Gasteiger partial charge in [0.25, 0.3) is 0 Å². The fraction of sp³-hybridized carbons (Fsp3) is 0.429. The molecule has 0 aliphatic rings. The van der Waals surface area contributed by atoms with Crippen molar-refractivity contribution in [1.82, 2.24) is 9.88 Å². The van der Waals surface area contributed by atoms with Crippen LogP contribution in [-0.2, 0) is 16.6 Å². The highest BCUT2D eigenvalue weighted by Crippen LogP contribution is 2.29. The van der Waals surface area contributed by atoms with Crippen molar-refractivity contribution in [1.29, 1.82) is 0 Å². The lowest BCUT2D eigenvalue weighted by molar-refractivity contribution is -0.129. The summed E-state index contributed by atoms with van der Waals surface area (Å²) in [7, 11) is 1.87. The number of amides is 1. The quantitative estimate of drug-likeness (QED) is 0.832. The molecule has 0 aliphatic carbocycles. The maximum absolute atomic E-state index is 12.3. The van der Waals surface area contributed by atoms with Crippen molar-refractivity contribution in [2.24, 2.45) is 0 Å². The van der Waals surface area contributed by atoms with Gasteiger partial charge in [-0.25, -0.2) is 0 Å². The van der Waals surface area contributed by atoms with Crippen molar-refractivity contribution < 1.29 is 4.79 Å². The van der Waals surface area contributed by atoms with E-state index in [9.17, 15) is 4.79 Å². The first-order chi connectivity index (χ1) is 11.9. The number of para-hydroxylation sites is 1. The summed E-state index contributed by atoms with van der Waals surface area (Å²) in [4.78, 5) is 18.1. The van der Waals surface area contributed by atoms with E-state index in [1.807, 2.05) is 25.2 Å². The van der Waals surface area contributed by atoms with Crippen LogP contribution >= 0.6 is 0 Å². The van der Waals surface area contributed by atoms with Gasteiger partial charge in [0.05, 0.1) is 0 Å². The minimum absolute atomic E-state index is 0.0783. The summed E-state index contributed by atoms with van der Waals surface area (Å²) < 4.78 is 0. The second-order valence-electron chi connectivity index (χ2n) is 7.39. The van der Waals surface area contributed by atoms with Crippen LogP contribution < -0.4 is 5.32 Å². The molecule has 4 nitrogen and oxygen atoms in total. The van der Waals surface area contributed by atoms with Gasteiger partial charge in [-0.2, -0.15) is 0 Å². The van der Waals surface area contributed by atoms with Crippen LogP contribution in [0.2, 0.25) is 0 Å². The summed E-state index contributed by atoms with van der Waals surface area (Å²) in [5, 5.41) is 3.42. The highest BCUT2D eigenvalue weighted by Gasteiger charge is 2.17. The number of aromatic nitrogens is 1. The smallest absolute Gasteiger partial charge is 0.224 e. The molecule has 1 N–H and O–H groups in total. The van der Waals surface area contributed by atoms with Gasteiger partial charge in [-0.15, -0.1) is 0 Å². The molecule has 1 amide bonds. The second-order valence-corrected chi connectivity index (χ2v) is 7.39. The fourth-order valence-electron chi connectivity index (χ4n) is 2.76. The maximum atomic E-state index is 12.3. The summed E-state index contributed by atoms with van der Waals surface area (Å²) in [6, 6.07) is 12.3. The largest absolute Gasteiger partial charge is 0.384 e. The van der Waals surface area contributed by atoms with Gasteiger partial charge in [-0.1, -0.05) is 39.0 Å². The van der Waals surface area contributed by atoms with E-state index in [2.05, 4.69) is 49.3 Å². The molecular weight excluding hydrogens is 310 g/mol. The van der Waals surface area contributed by atoms with Gasteiger partial charge in [0.15, 0.2) is 0 Å². The lowest BCUT2D eigenvalue weighted by atomic mass is 9.86. The van der Waals surface area contributed by atoms with Crippen molar-refractivity contribution in [3.63, 3.8) is 0 Å². The summed E-state index contributed by atoms with van der Waals surface area (Å²) in [6.45, 7) is 7.97. The molecule has 0 saturated carbocycles. The minimum Gasteiger partial charge on any atom is -0.384 e. The number of nitrogens with one attached hydrogen (secondary N) is 1. The molecule has 25 heavy (non-hydrogen) atoms. The number of nitrogens with zero attached hydrogens (tertiary/aromatic N) is 2. The third-order valence-electron chi connectivity index (χ3n) is 4.30. The van der Waals surface area contributed by atoms with E-state index in [-0.39, 0.29) is 11.3 Å². The van der Waals surface area contributed by atoms with E-state index in [1.54, 1.807) is 17.3 Å². The molecule has 2 rings (SSSR count). The van der Waals surface area contributed by atoms with Crippen molar-refractivity contribution >= 4 is 11.6 Å². The minimum atomic E-state index is 0.0783. The first kappa shape index (κ1) is 19.0. The monoisotopic (exact) mass is 339 g/mol. The van der Waals surface area contributed by atoms with Crippen LogP contribution in [0, 0.1) is 0 Å². The lowest BCUT2D eigenvalue weighted by Gasteiger charge is -2.23. The van der Waals surface area contributed by atoms with E-state index in [1.165, 1.54) is 11.1 Å². The number of rotatable bonds is 7. The van der Waals surface area contributed by atoms with Gasteiger partial charge in [0, 0.05) is 44.6 Å². The number of benzene rings is 1. The molecule has 0 spiro atoms. The van der Waals surface area contributed by atoms with Gasteiger partial charge in [0.2, 0.25) is 5.91 Å². The van der Waals surface area contributed by atoms with Crippen LogP contribution in [0.5, 0.6) is 0 Å². The molecule has 4 heteroatoms. The Bertz CT molecular complexity index is 677. The van der Waals surface area contributed by atoms with Crippen LogP contribution in [0.25, 0.3) is 0 Å². The number of hydrogen-bond donors (Lipinski definition) is 1. The lowest BCUT2D eigenvalue weighted by Crippen LogP contribution is -2.30. The zero-order valence-electron chi connectivity index (χ0n) is 15.7. The Morgan fingerprint density at radius 2 is 1.80 bits per heavy atom. The molecule has 1 aromatic heterocycles. The number of pyridine rings is 1. The van der Waals surface area contributed by atoms with Crippen molar-refractivity contribution in [3.8, 4) is 0 Å². The van der Waals surface area contributed by atoms with Crippen LogP contribution in [0.15, 0.2) is 48.8 Å². The Morgan fingerprint density at radius 3 is 2.48 bits per heavy atom. The molecule has 1 heterocycles. The Kier molecular flexibility index (Phi) is 6.57. The first-order valence-corrected chi connectivity index (χ1v) is 8.84. The average molecular weight is 339 g/mol. The molecule has 0 radical (unpaired) electrons. The third-order valence-corrected chi connectivity index (χ3v) is 4.30. The predicted molar refractivity (Wildman–Crippen MR) is 104 cm³/mol. The molecule has 0 aliphatic heterocycles. The van der Waals surface area contributed by atoms with E-state index in [4.69, 9.17) is 0 Å². The normalized spacial score (nSPS) is 11.2. The van der Waals surface area contributed by atoms with E-state index >= 15 is 0 Å². The molecule has 0 saturated heterocycles. The Labute approximate surface area is 151 Å². The molecule has 0 atom stereocenters. The number of hydrogen-bond acceptors (Lipinski definition) is 3. The Morgan fingerprint density at radius 1 is 1.12 bits per heavy atom. The van der Waals surface area contributed by atoms with E-state index in [0.717, 1.165) is 18.7 Å². The highest BCUT2D eigenvalue weighted by atomic mass is 16.2. The molecule has 1 aromatic carbocycles. The van der Waals surface area contributed by atoms with Crippen LogP contribution in [0.3, 0.4) is 0 Å². The number of likely N-dealkylation sites (N-methyl/N-ethyl adjacent to an activating group) is 1. The number of carbonyl (C=O) groups excluding carboxylic acids is 1. The van der Waals surface area contributed by atoms with Gasteiger partial charge in [0.1, 0.15) is 0 Å². The summed E-state index contributed by atoms with van der Waals surface area (Å²) >= 11 is 0. The molecule has 0 bridgehead atoms. The van der Waals surface area contributed by atoms with Crippen molar-refractivity contribution in [2.75, 3.05) is 25.5 Å². The SMILES string of the molecule is CN(CCc1ccncc1)C(=O)CCNc1ccccc1C(C)(C)C. The molecule has 2 aromatic rings. The van der Waals surface area contributed by atoms with E-state index < -0.39 is 0 Å². The topological polar surface area (TPSA) is 45.2 Å². The highest BCUT2D eigenvalue weighted by molar-refractivity contribution is 5.76. The standard InChI is InChI=1S/C21H29N3O/c1-21(2,3)18-7-5-6-8-19(18)23-15-11-20(25)24(4)16-12-17-9-13-22-14-10-17/h5-10,13-14,23H,11-12,15-16H2,1-4H3. The van der Waals surface area contributed by atoms with Gasteiger partial charge in [-0.05, 0) is 41.2 Å². The van der Waals surface area contributed by atoms with Gasteiger partial charge in [-0.3, -0.25) is 9.78 Å².